The fourth-order valence-corrected chi connectivity index (χ4v) is 1.89. The van der Waals surface area contributed by atoms with E-state index in [0.717, 1.165) is 12.5 Å². The van der Waals surface area contributed by atoms with Crippen molar-refractivity contribution in [2.24, 2.45) is 5.92 Å². The van der Waals surface area contributed by atoms with Gasteiger partial charge in [0, 0.05) is 32.0 Å². The van der Waals surface area contributed by atoms with Gasteiger partial charge >= 0.3 is 0 Å². The van der Waals surface area contributed by atoms with Crippen molar-refractivity contribution < 1.29 is 9.13 Å². The first kappa shape index (κ1) is 13.6. The summed E-state index contributed by atoms with van der Waals surface area (Å²) < 4.78 is 19.5. The molecule has 1 heterocycles. The molecule has 1 aromatic heterocycles. The van der Waals surface area contributed by atoms with Crippen LogP contribution in [0.3, 0.4) is 0 Å². The van der Waals surface area contributed by atoms with Crippen LogP contribution < -0.4 is 4.90 Å². The number of pyridine rings is 1. The number of nitrogens with zero attached hydrogens (tertiary/aromatic N) is 2. The van der Waals surface area contributed by atoms with Gasteiger partial charge in [-0.25, -0.2) is 9.37 Å². The first-order valence-electron chi connectivity index (χ1n) is 6.20. The Balaban J connectivity index is 1.84. The topological polar surface area (TPSA) is 25.4 Å². The van der Waals surface area contributed by atoms with E-state index in [9.17, 15) is 4.39 Å². The lowest BCUT2D eigenvalue weighted by Gasteiger charge is -2.19. The number of hydrogen-bond acceptors (Lipinski definition) is 3. The van der Waals surface area contributed by atoms with Gasteiger partial charge in [-0.15, -0.1) is 11.6 Å². The minimum Gasteiger partial charge on any atom is -0.379 e. The summed E-state index contributed by atoms with van der Waals surface area (Å²) in [5.74, 6) is 0.915. The smallest absolute Gasteiger partial charge is 0.170 e. The highest BCUT2D eigenvalue weighted by Gasteiger charge is 2.21. The van der Waals surface area contributed by atoms with Crippen molar-refractivity contribution in [2.75, 3.05) is 31.7 Å². The number of likely N-dealkylation sites (N-methyl/N-ethyl adjacent to an activating group) is 1. The quantitative estimate of drug-likeness (QED) is 0.564. The molecule has 2 rings (SSSR count). The third-order valence-corrected chi connectivity index (χ3v) is 3.37. The first-order chi connectivity index (χ1) is 8.72. The van der Waals surface area contributed by atoms with Gasteiger partial charge in [-0.05, 0) is 24.8 Å². The molecule has 0 aliphatic heterocycles. The average Bonchev–Trinajstić information content (AvgIpc) is 3.18. The number of halogens is 2. The van der Waals surface area contributed by atoms with E-state index >= 15 is 0 Å². The van der Waals surface area contributed by atoms with Gasteiger partial charge in [0.2, 0.25) is 0 Å². The zero-order valence-corrected chi connectivity index (χ0v) is 11.3. The monoisotopic (exact) mass is 272 g/mol. The van der Waals surface area contributed by atoms with Gasteiger partial charge in [0.15, 0.2) is 11.6 Å². The Labute approximate surface area is 112 Å². The van der Waals surface area contributed by atoms with E-state index < -0.39 is 0 Å². The van der Waals surface area contributed by atoms with Gasteiger partial charge in [-0.2, -0.15) is 0 Å². The van der Waals surface area contributed by atoms with Gasteiger partial charge in [0.25, 0.3) is 0 Å². The van der Waals surface area contributed by atoms with E-state index in [0.29, 0.717) is 24.5 Å². The number of hydrogen-bond donors (Lipinski definition) is 0. The second kappa shape index (κ2) is 6.34. The van der Waals surface area contributed by atoms with Crippen LogP contribution in [0.4, 0.5) is 10.2 Å². The Morgan fingerprint density at radius 1 is 1.56 bits per heavy atom. The molecule has 0 aromatic carbocycles. The normalized spacial score (nSPS) is 14.8. The lowest BCUT2D eigenvalue weighted by atomic mass is 10.2. The summed E-state index contributed by atoms with van der Waals surface area (Å²) in [6.07, 6.45) is 4.14. The standard InChI is InChI=1S/C13H18ClFN2O/c1-17(6-7-18-9-10-2-3-10)13-12(15)11(8-14)4-5-16-13/h4-5,10H,2-3,6-9H2,1H3. The summed E-state index contributed by atoms with van der Waals surface area (Å²) in [6.45, 7) is 2.05. The van der Waals surface area contributed by atoms with E-state index in [-0.39, 0.29) is 11.7 Å². The van der Waals surface area contributed by atoms with Crippen LogP contribution in [0.15, 0.2) is 12.3 Å². The number of aromatic nitrogens is 1. The number of ether oxygens (including phenoxy) is 1. The van der Waals surface area contributed by atoms with Crippen molar-refractivity contribution in [2.45, 2.75) is 18.7 Å². The van der Waals surface area contributed by atoms with Crippen LogP contribution in [-0.2, 0) is 10.6 Å². The van der Waals surface area contributed by atoms with Gasteiger partial charge in [0.05, 0.1) is 12.5 Å². The Morgan fingerprint density at radius 3 is 3.00 bits per heavy atom. The molecule has 0 N–H and O–H groups in total. The van der Waals surface area contributed by atoms with Crippen LogP contribution in [0.25, 0.3) is 0 Å². The molecule has 18 heavy (non-hydrogen) atoms. The van der Waals surface area contributed by atoms with Crippen molar-refractivity contribution in [3.05, 3.63) is 23.6 Å². The number of alkyl halides is 1. The molecule has 5 heteroatoms. The molecular formula is C13H18ClFN2O. The van der Waals surface area contributed by atoms with Crippen molar-refractivity contribution >= 4 is 17.4 Å². The maximum absolute atomic E-state index is 13.9. The summed E-state index contributed by atoms with van der Waals surface area (Å²) in [4.78, 5) is 5.81. The van der Waals surface area contributed by atoms with Crippen molar-refractivity contribution in [1.29, 1.82) is 0 Å². The lowest BCUT2D eigenvalue weighted by Crippen LogP contribution is -2.25. The second-order valence-electron chi connectivity index (χ2n) is 4.68. The molecule has 1 aliphatic rings. The van der Waals surface area contributed by atoms with Crippen LogP contribution in [0.5, 0.6) is 0 Å². The molecular weight excluding hydrogens is 255 g/mol. The first-order valence-corrected chi connectivity index (χ1v) is 6.74. The fourth-order valence-electron chi connectivity index (χ4n) is 1.68. The fraction of sp³-hybridized carbons (Fsp3) is 0.615. The molecule has 0 unspecified atom stereocenters. The van der Waals surface area contributed by atoms with Crippen molar-refractivity contribution in [3.8, 4) is 0 Å². The maximum atomic E-state index is 13.9. The SMILES string of the molecule is CN(CCOCC1CC1)c1nccc(CCl)c1F. The predicted molar refractivity (Wildman–Crippen MR) is 70.6 cm³/mol. The molecule has 100 valence electrons. The van der Waals surface area contributed by atoms with Crippen LogP contribution in [-0.4, -0.2) is 31.8 Å². The molecule has 1 aliphatic carbocycles. The molecule has 1 fully saturated rings. The zero-order valence-electron chi connectivity index (χ0n) is 10.5. The van der Waals surface area contributed by atoms with Gasteiger partial charge in [-0.3, -0.25) is 0 Å². The van der Waals surface area contributed by atoms with Crippen LogP contribution in [0, 0.1) is 11.7 Å². The highest BCUT2D eigenvalue weighted by Crippen LogP contribution is 2.28. The van der Waals surface area contributed by atoms with Crippen molar-refractivity contribution in [1.82, 2.24) is 4.98 Å². The lowest BCUT2D eigenvalue weighted by molar-refractivity contribution is 0.130. The van der Waals surface area contributed by atoms with Gasteiger partial charge in [0.1, 0.15) is 0 Å². The Morgan fingerprint density at radius 2 is 2.33 bits per heavy atom. The maximum Gasteiger partial charge on any atom is 0.170 e. The summed E-state index contributed by atoms with van der Waals surface area (Å²) in [6, 6.07) is 1.60. The Kier molecular flexibility index (Phi) is 4.78. The molecule has 3 nitrogen and oxygen atoms in total. The van der Waals surface area contributed by atoms with Gasteiger partial charge < -0.3 is 9.64 Å². The van der Waals surface area contributed by atoms with E-state index in [1.54, 1.807) is 17.2 Å². The molecule has 0 saturated heterocycles. The van der Waals surface area contributed by atoms with E-state index in [1.807, 2.05) is 7.05 Å². The summed E-state index contributed by atoms with van der Waals surface area (Å²) in [5, 5.41) is 0. The van der Waals surface area contributed by atoms with E-state index in [4.69, 9.17) is 16.3 Å². The third-order valence-electron chi connectivity index (χ3n) is 3.08. The molecule has 0 atom stereocenters. The highest BCUT2D eigenvalue weighted by atomic mass is 35.5. The summed E-state index contributed by atoms with van der Waals surface area (Å²) >= 11 is 5.67. The number of anilines is 1. The molecule has 0 spiro atoms. The minimum atomic E-state index is -0.336. The largest absolute Gasteiger partial charge is 0.379 e. The third kappa shape index (κ3) is 3.56. The Hall–Kier alpha value is -0.870. The van der Waals surface area contributed by atoms with Crippen LogP contribution in [0.2, 0.25) is 0 Å². The van der Waals surface area contributed by atoms with E-state index in [1.165, 1.54) is 12.8 Å². The molecule has 1 aromatic rings. The molecule has 0 radical (unpaired) electrons. The van der Waals surface area contributed by atoms with Crippen LogP contribution in [0.1, 0.15) is 18.4 Å². The number of rotatable bonds is 7. The average molecular weight is 273 g/mol. The van der Waals surface area contributed by atoms with Crippen molar-refractivity contribution in [3.63, 3.8) is 0 Å². The highest BCUT2D eigenvalue weighted by molar-refractivity contribution is 6.17. The summed E-state index contributed by atoms with van der Waals surface area (Å²) in [7, 11) is 1.81. The predicted octanol–water partition coefficient (Wildman–Crippen LogP) is 2.82. The molecule has 1 saturated carbocycles. The van der Waals surface area contributed by atoms with Crippen LogP contribution >= 0.6 is 11.6 Å². The van der Waals surface area contributed by atoms with Gasteiger partial charge in [-0.1, -0.05) is 0 Å². The zero-order chi connectivity index (χ0) is 13.0. The second-order valence-corrected chi connectivity index (χ2v) is 4.95. The van der Waals surface area contributed by atoms with E-state index in [2.05, 4.69) is 4.98 Å². The Bertz CT molecular complexity index is 399. The molecule has 0 bridgehead atoms. The minimum absolute atomic E-state index is 0.160. The summed E-state index contributed by atoms with van der Waals surface area (Å²) in [5.41, 5.74) is 0.479. The molecule has 0 amide bonds.